The number of benzene rings is 1. The molecule has 0 saturated heterocycles. The van der Waals surface area contributed by atoms with Crippen LogP contribution in [0.4, 0.5) is 16.2 Å². The summed E-state index contributed by atoms with van der Waals surface area (Å²) in [6.45, 7) is 0. The van der Waals surface area contributed by atoms with Gasteiger partial charge in [-0.15, -0.1) is 0 Å². The molecule has 0 aliphatic carbocycles. The molecule has 1 aliphatic rings. The number of hydrogen-bond donors (Lipinski definition) is 2. The largest absolute Gasteiger partial charge is 0.465 e. The Kier molecular flexibility index (Phi) is 2.52. The number of anilines is 2. The van der Waals surface area contributed by atoms with Crippen LogP contribution in [0.1, 0.15) is 12.0 Å². The van der Waals surface area contributed by atoms with Crippen LogP contribution in [0.2, 0.25) is 0 Å². The van der Waals surface area contributed by atoms with Crippen LogP contribution in [0.25, 0.3) is 0 Å². The van der Waals surface area contributed by atoms with E-state index in [1.54, 1.807) is 18.2 Å². The topological polar surface area (TPSA) is 69.6 Å². The predicted molar refractivity (Wildman–Crippen MR) is 59.8 cm³/mol. The Bertz CT molecular complexity index is 457. The number of rotatable bonds is 1. The van der Waals surface area contributed by atoms with E-state index in [2.05, 4.69) is 5.32 Å². The molecule has 2 N–H and O–H groups in total. The van der Waals surface area contributed by atoms with Gasteiger partial charge in [0.2, 0.25) is 5.91 Å². The van der Waals surface area contributed by atoms with Crippen molar-refractivity contribution in [1.29, 1.82) is 0 Å². The van der Waals surface area contributed by atoms with Crippen molar-refractivity contribution in [3.05, 3.63) is 23.8 Å². The van der Waals surface area contributed by atoms with Gasteiger partial charge in [0, 0.05) is 24.8 Å². The minimum atomic E-state index is -1.00. The average molecular weight is 220 g/mol. The van der Waals surface area contributed by atoms with Gasteiger partial charge in [-0.3, -0.25) is 9.69 Å². The van der Waals surface area contributed by atoms with Gasteiger partial charge in [0.25, 0.3) is 0 Å². The van der Waals surface area contributed by atoms with Crippen LogP contribution >= 0.6 is 0 Å². The molecule has 1 heterocycles. The van der Waals surface area contributed by atoms with Gasteiger partial charge >= 0.3 is 6.09 Å². The number of carbonyl (C=O) groups excluding carboxylic acids is 1. The van der Waals surface area contributed by atoms with Crippen molar-refractivity contribution < 1.29 is 14.7 Å². The molecular weight excluding hydrogens is 208 g/mol. The smallest absolute Gasteiger partial charge is 0.411 e. The van der Waals surface area contributed by atoms with E-state index in [4.69, 9.17) is 5.11 Å². The minimum Gasteiger partial charge on any atom is -0.465 e. The summed E-state index contributed by atoms with van der Waals surface area (Å²) in [5, 5.41) is 11.6. The van der Waals surface area contributed by atoms with E-state index in [-0.39, 0.29) is 5.91 Å². The minimum absolute atomic E-state index is 0.00633. The molecule has 2 amide bonds. The first-order valence-corrected chi connectivity index (χ1v) is 4.97. The fourth-order valence-electron chi connectivity index (χ4n) is 1.69. The molecule has 16 heavy (non-hydrogen) atoms. The molecular formula is C11H12N2O3. The molecule has 0 spiro atoms. The van der Waals surface area contributed by atoms with Crippen molar-refractivity contribution in [3.63, 3.8) is 0 Å². The predicted octanol–water partition coefficient (Wildman–Crippen LogP) is 1.69. The zero-order chi connectivity index (χ0) is 11.7. The zero-order valence-electron chi connectivity index (χ0n) is 8.86. The fourth-order valence-corrected chi connectivity index (χ4v) is 1.69. The molecule has 2 rings (SSSR count). The Morgan fingerprint density at radius 1 is 1.44 bits per heavy atom. The monoisotopic (exact) mass is 220 g/mol. The quantitative estimate of drug-likeness (QED) is 0.756. The second-order valence-electron chi connectivity index (χ2n) is 3.73. The lowest BCUT2D eigenvalue weighted by molar-refractivity contribution is -0.116. The van der Waals surface area contributed by atoms with Gasteiger partial charge in [-0.25, -0.2) is 4.79 Å². The van der Waals surface area contributed by atoms with Gasteiger partial charge in [0.1, 0.15) is 0 Å². The lowest BCUT2D eigenvalue weighted by atomic mass is 10.0. The summed E-state index contributed by atoms with van der Waals surface area (Å²) in [4.78, 5) is 23.1. The summed E-state index contributed by atoms with van der Waals surface area (Å²) in [5.74, 6) is 0.00633. The Morgan fingerprint density at radius 2 is 2.19 bits per heavy atom. The molecule has 5 heteroatoms. The van der Waals surface area contributed by atoms with Gasteiger partial charge in [-0.05, 0) is 30.2 Å². The number of aryl methyl sites for hydroxylation is 1. The van der Waals surface area contributed by atoms with Crippen LogP contribution in [-0.2, 0) is 11.2 Å². The molecule has 0 bridgehead atoms. The van der Waals surface area contributed by atoms with E-state index in [0.717, 1.165) is 16.2 Å². The highest BCUT2D eigenvalue weighted by Crippen LogP contribution is 2.27. The molecule has 1 aliphatic heterocycles. The number of carboxylic acid groups (broad SMARTS) is 1. The van der Waals surface area contributed by atoms with E-state index >= 15 is 0 Å². The van der Waals surface area contributed by atoms with Gasteiger partial charge in [0.15, 0.2) is 0 Å². The maximum Gasteiger partial charge on any atom is 0.411 e. The van der Waals surface area contributed by atoms with Gasteiger partial charge < -0.3 is 10.4 Å². The molecule has 0 saturated carbocycles. The van der Waals surface area contributed by atoms with Crippen molar-refractivity contribution >= 4 is 23.4 Å². The van der Waals surface area contributed by atoms with Gasteiger partial charge in [-0.2, -0.15) is 0 Å². The number of amides is 2. The lowest BCUT2D eigenvalue weighted by Gasteiger charge is -2.20. The van der Waals surface area contributed by atoms with Crippen LogP contribution in [0, 0.1) is 0 Å². The van der Waals surface area contributed by atoms with Crippen molar-refractivity contribution in [3.8, 4) is 0 Å². The number of carbonyl (C=O) groups is 2. The molecule has 0 radical (unpaired) electrons. The average Bonchev–Trinajstić information content (AvgIpc) is 2.27. The molecule has 5 nitrogen and oxygen atoms in total. The second kappa shape index (κ2) is 3.84. The number of nitrogens with one attached hydrogen (secondary N) is 1. The Hall–Kier alpha value is -2.04. The first-order valence-electron chi connectivity index (χ1n) is 4.97. The summed E-state index contributed by atoms with van der Waals surface area (Å²) in [7, 11) is 1.49. The van der Waals surface area contributed by atoms with Crippen molar-refractivity contribution in [2.45, 2.75) is 12.8 Å². The molecule has 0 aromatic heterocycles. The molecule has 1 aromatic carbocycles. The van der Waals surface area contributed by atoms with E-state index in [1.165, 1.54) is 7.05 Å². The number of hydrogen-bond acceptors (Lipinski definition) is 2. The Morgan fingerprint density at radius 3 is 2.88 bits per heavy atom. The Balaban J connectivity index is 2.33. The maximum absolute atomic E-state index is 11.1. The summed E-state index contributed by atoms with van der Waals surface area (Å²) in [6, 6.07) is 5.21. The van der Waals surface area contributed by atoms with Crippen LogP contribution in [0.5, 0.6) is 0 Å². The van der Waals surface area contributed by atoms with Crippen molar-refractivity contribution in [2.75, 3.05) is 17.3 Å². The molecule has 0 atom stereocenters. The maximum atomic E-state index is 11.1. The SMILES string of the molecule is CN(C(=O)O)c1ccc2c(c1)CCC(=O)N2. The van der Waals surface area contributed by atoms with E-state index in [1.807, 2.05) is 0 Å². The van der Waals surface area contributed by atoms with Gasteiger partial charge in [0.05, 0.1) is 0 Å². The van der Waals surface area contributed by atoms with Crippen LogP contribution < -0.4 is 10.2 Å². The molecule has 0 fully saturated rings. The first kappa shape index (κ1) is 10.5. The van der Waals surface area contributed by atoms with E-state index < -0.39 is 6.09 Å². The van der Waals surface area contributed by atoms with Crippen LogP contribution in [0.3, 0.4) is 0 Å². The highest BCUT2D eigenvalue weighted by atomic mass is 16.4. The van der Waals surface area contributed by atoms with Gasteiger partial charge in [-0.1, -0.05) is 0 Å². The summed E-state index contributed by atoms with van der Waals surface area (Å²) < 4.78 is 0. The van der Waals surface area contributed by atoms with Crippen LogP contribution in [-0.4, -0.2) is 24.2 Å². The summed E-state index contributed by atoms with van der Waals surface area (Å²) >= 11 is 0. The van der Waals surface area contributed by atoms with Crippen LogP contribution in [0.15, 0.2) is 18.2 Å². The highest BCUT2D eigenvalue weighted by molar-refractivity contribution is 5.95. The zero-order valence-corrected chi connectivity index (χ0v) is 8.86. The highest BCUT2D eigenvalue weighted by Gasteiger charge is 2.16. The molecule has 1 aromatic rings. The van der Waals surface area contributed by atoms with E-state index in [0.29, 0.717) is 18.5 Å². The molecule has 0 unspecified atom stereocenters. The second-order valence-corrected chi connectivity index (χ2v) is 3.73. The third-order valence-electron chi connectivity index (χ3n) is 2.66. The van der Waals surface area contributed by atoms with Crippen molar-refractivity contribution in [2.24, 2.45) is 0 Å². The third-order valence-corrected chi connectivity index (χ3v) is 2.66. The lowest BCUT2D eigenvalue weighted by Crippen LogP contribution is -2.25. The number of nitrogens with zero attached hydrogens (tertiary/aromatic N) is 1. The molecule has 84 valence electrons. The summed E-state index contributed by atoms with van der Waals surface area (Å²) in [5.41, 5.74) is 2.37. The normalized spacial score (nSPS) is 13.9. The summed E-state index contributed by atoms with van der Waals surface area (Å²) in [6.07, 6.45) is 0.107. The first-order chi connectivity index (χ1) is 7.58. The Labute approximate surface area is 92.7 Å². The fraction of sp³-hybridized carbons (Fsp3) is 0.273. The third kappa shape index (κ3) is 1.84. The van der Waals surface area contributed by atoms with E-state index in [9.17, 15) is 9.59 Å². The number of fused-ring (bicyclic) bond motifs is 1. The standard InChI is InChI=1S/C11H12N2O3/c1-13(11(15)16)8-3-4-9-7(6-8)2-5-10(14)12-9/h3-4,6H,2,5H2,1H3,(H,12,14)(H,15,16). The van der Waals surface area contributed by atoms with Crippen molar-refractivity contribution in [1.82, 2.24) is 0 Å².